The molecule has 4 nitrogen and oxygen atoms in total. The van der Waals surface area contributed by atoms with Crippen LogP contribution in [0.5, 0.6) is 0 Å². The fourth-order valence-electron chi connectivity index (χ4n) is 3.74. The molecule has 0 aliphatic heterocycles. The van der Waals surface area contributed by atoms with E-state index >= 15 is 0 Å². The molecule has 1 atom stereocenters. The number of carbonyl (C=O) groups excluding carboxylic acids is 1. The van der Waals surface area contributed by atoms with Crippen molar-refractivity contribution in [3.8, 4) is 0 Å². The van der Waals surface area contributed by atoms with E-state index in [-0.39, 0.29) is 18.3 Å². The van der Waals surface area contributed by atoms with Crippen LogP contribution in [0, 0.1) is 5.92 Å². The first-order chi connectivity index (χ1) is 9.65. The molecule has 1 amide bonds. The summed E-state index contributed by atoms with van der Waals surface area (Å²) in [6, 6.07) is 0. The summed E-state index contributed by atoms with van der Waals surface area (Å²) in [7, 11) is 0. The van der Waals surface area contributed by atoms with E-state index in [9.17, 15) is 4.79 Å². The third kappa shape index (κ3) is 5.11. The fourth-order valence-corrected chi connectivity index (χ4v) is 3.74. The fraction of sp³-hybridized carbons (Fsp3) is 0.938. The molecule has 21 heavy (non-hydrogen) atoms. The van der Waals surface area contributed by atoms with Crippen molar-refractivity contribution < 1.29 is 9.53 Å². The Bertz CT molecular complexity index is 313. The number of carbonyl (C=O) groups is 1. The molecular weight excluding hydrogens is 288 g/mol. The standard InChI is InChI=1S/C16H30N2O2.ClH/c1-2-20-14(13-7-3-4-8-13)9-12-18-15(19)16(17)10-5-6-11-16;/h13-14H,2-12,17H2,1H3,(H,18,19);1H. The molecule has 0 aromatic rings. The average molecular weight is 319 g/mol. The molecule has 1 unspecified atom stereocenters. The zero-order chi connectivity index (χ0) is 14.4. The van der Waals surface area contributed by atoms with Gasteiger partial charge in [-0.3, -0.25) is 4.79 Å². The maximum atomic E-state index is 12.2. The molecule has 5 heteroatoms. The SMILES string of the molecule is CCOC(CCNC(=O)C1(N)CCCC1)C1CCCC1.Cl. The van der Waals surface area contributed by atoms with Crippen molar-refractivity contribution in [2.75, 3.05) is 13.2 Å². The molecule has 0 heterocycles. The Morgan fingerprint density at radius 2 is 1.90 bits per heavy atom. The van der Waals surface area contributed by atoms with E-state index in [1.165, 1.54) is 25.7 Å². The quantitative estimate of drug-likeness (QED) is 0.758. The molecular formula is C16H31ClN2O2. The lowest BCUT2D eigenvalue weighted by atomic mass is 9.96. The van der Waals surface area contributed by atoms with Gasteiger partial charge in [0.2, 0.25) is 5.91 Å². The lowest BCUT2D eigenvalue weighted by Gasteiger charge is -2.26. The summed E-state index contributed by atoms with van der Waals surface area (Å²) in [5.41, 5.74) is 5.55. The highest BCUT2D eigenvalue weighted by molar-refractivity contribution is 5.86. The minimum absolute atomic E-state index is 0. The Kier molecular flexibility index (Phi) is 7.99. The van der Waals surface area contributed by atoms with E-state index in [0.717, 1.165) is 38.7 Å². The van der Waals surface area contributed by atoms with Gasteiger partial charge < -0.3 is 15.8 Å². The minimum atomic E-state index is -0.603. The van der Waals surface area contributed by atoms with Crippen molar-refractivity contribution in [1.29, 1.82) is 0 Å². The summed E-state index contributed by atoms with van der Waals surface area (Å²) in [5, 5.41) is 3.03. The summed E-state index contributed by atoms with van der Waals surface area (Å²) in [6.45, 7) is 3.50. The van der Waals surface area contributed by atoms with Crippen LogP contribution in [0.4, 0.5) is 0 Å². The molecule has 3 N–H and O–H groups in total. The van der Waals surface area contributed by atoms with Gasteiger partial charge in [0.1, 0.15) is 0 Å². The van der Waals surface area contributed by atoms with Crippen LogP contribution < -0.4 is 11.1 Å². The number of hydrogen-bond acceptors (Lipinski definition) is 3. The van der Waals surface area contributed by atoms with Gasteiger partial charge in [-0.15, -0.1) is 12.4 Å². The summed E-state index contributed by atoms with van der Waals surface area (Å²) in [6.07, 6.45) is 10.2. The Hall–Kier alpha value is -0.320. The molecule has 0 saturated heterocycles. The number of nitrogens with two attached hydrogens (primary N) is 1. The molecule has 2 saturated carbocycles. The maximum absolute atomic E-state index is 12.2. The van der Waals surface area contributed by atoms with Gasteiger partial charge in [-0.25, -0.2) is 0 Å². The van der Waals surface area contributed by atoms with Gasteiger partial charge in [-0.1, -0.05) is 25.7 Å². The third-order valence-electron chi connectivity index (χ3n) is 4.97. The zero-order valence-electron chi connectivity index (χ0n) is 13.2. The second-order valence-electron chi connectivity index (χ2n) is 6.45. The molecule has 124 valence electrons. The molecule has 2 rings (SSSR count). The first-order valence-corrected chi connectivity index (χ1v) is 8.34. The molecule has 0 bridgehead atoms. The van der Waals surface area contributed by atoms with Gasteiger partial charge in [-0.05, 0) is 44.9 Å². The van der Waals surface area contributed by atoms with E-state index in [2.05, 4.69) is 5.32 Å². The summed E-state index contributed by atoms with van der Waals surface area (Å²) in [5.74, 6) is 0.724. The van der Waals surface area contributed by atoms with Gasteiger partial charge in [0, 0.05) is 13.2 Å². The highest BCUT2D eigenvalue weighted by Crippen LogP contribution is 2.31. The summed E-state index contributed by atoms with van der Waals surface area (Å²) in [4.78, 5) is 12.2. The predicted octanol–water partition coefficient (Wildman–Crippen LogP) is 2.78. The Labute approximate surface area is 135 Å². The van der Waals surface area contributed by atoms with Crippen molar-refractivity contribution in [3.63, 3.8) is 0 Å². The van der Waals surface area contributed by atoms with E-state index in [1.54, 1.807) is 0 Å². The van der Waals surface area contributed by atoms with E-state index in [1.807, 2.05) is 6.92 Å². The molecule has 2 aliphatic rings. The molecule has 2 fully saturated rings. The topological polar surface area (TPSA) is 64.3 Å². The molecule has 0 aromatic heterocycles. The second-order valence-corrected chi connectivity index (χ2v) is 6.45. The van der Waals surface area contributed by atoms with Crippen LogP contribution in [0.1, 0.15) is 64.7 Å². The van der Waals surface area contributed by atoms with E-state index in [4.69, 9.17) is 10.5 Å². The number of amides is 1. The molecule has 0 aromatic carbocycles. The zero-order valence-corrected chi connectivity index (χ0v) is 14.1. The number of hydrogen-bond donors (Lipinski definition) is 2. The molecule has 2 aliphatic carbocycles. The van der Waals surface area contributed by atoms with Crippen molar-refractivity contribution in [1.82, 2.24) is 5.32 Å². The van der Waals surface area contributed by atoms with Gasteiger partial charge >= 0.3 is 0 Å². The first-order valence-electron chi connectivity index (χ1n) is 8.34. The van der Waals surface area contributed by atoms with Crippen LogP contribution >= 0.6 is 12.4 Å². The van der Waals surface area contributed by atoms with Gasteiger partial charge in [-0.2, -0.15) is 0 Å². The lowest BCUT2D eigenvalue weighted by molar-refractivity contribution is -0.126. The smallest absolute Gasteiger partial charge is 0.240 e. The number of ether oxygens (including phenoxy) is 1. The number of rotatable bonds is 7. The highest BCUT2D eigenvalue weighted by Gasteiger charge is 2.36. The lowest BCUT2D eigenvalue weighted by Crippen LogP contribution is -2.52. The Morgan fingerprint density at radius 3 is 2.48 bits per heavy atom. The van der Waals surface area contributed by atoms with Crippen molar-refractivity contribution in [3.05, 3.63) is 0 Å². The van der Waals surface area contributed by atoms with Crippen LogP contribution in [0.25, 0.3) is 0 Å². The summed E-state index contributed by atoms with van der Waals surface area (Å²) >= 11 is 0. The van der Waals surface area contributed by atoms with Crippen LogP contribution in [0.2, 0.25) is 0 Å². The largest absolute Gasteiger partial charge is 0.378 e. The normalized spacial score (nSPS) is 22.8. The third-order valence-corrected chi connectivity index (χ3v) is 4.97. The second kappa shape index (κ2) is 8.96. The monoisotopic (exact) mass is 318 g/mol. The van der Waals surface area contributed by atoms with Gasteiger partial charge in [0.05, 0.1) is 11.6 Å². The highest BCUT2D eigenvalue weighted by atomic mass is 35.5. The minimum Gasteiger partial charge on any atom is -0.378 e. The van der Waals surface area contributed by atoms with Gasteiger partial charge in [0.25, 0.3) is 0 Å². The molecule has 0 radical (unpaired) electrons. The summed E-state index contributed by atoms with van der Waals surface area (Å²) < 4.78 is 5.88. The van der Waals surface area contributed by atoms with Crippen LogP contribution in [0.15, 0.2) is 0 Å². The van der Waals surface area contributed by atoms with E-state index < -0.39 is 5.54 Å². The number of nitrogens with one attached hydrogen (secondary N) is 1. The van der Waals surface area contributed by atoms with Crippen molar-refractivity contribution in [2.24, 2.45) is 11.7 Å². The average Bonchev–Trinajstić information content (AvgIpc) is 3.09. The van der Waals surface area contributed by atoms with Gasteiger partial charge in [0.15, 0.2) is 0 Å². The van der Waals surface area contributed by atoms with Crippen LogP contribution in [-0.4, -0.2) is 30.7 Å². The first kappa shape index (κ1) is 18.7. The maximum Gasteiger partial charge on any atom is 0.240 e. The Balaban J connectivity index is 0.00000220. The van der Waals surface area contributed by atoms with Crippen molar-refractivity contribution >= 4 is 18.3 Å². The van der Waals surface area contributed by atoms with Crippen LogP contribution in [-0.2, 0) is 9.53 Å². The predicted molar refractivity (Wildman–Crippen MR) is 87.6 cm³/mol. The number of halogens is 1. The van der Waals surface area contributed by atoms with E-state index in [0.29, 0.717) is 18.6 Å². The Morgan fingerprint density at radius 1 is 1.29 bits per heavy atom. The van der Waals surface area contributed by atoms with Crippen molar-refractivity contribution in [2.45, 2.75) is 76.4 Å². The van der Waals surface area contributed by atoms with Crippen LogP contribution in [0.3, 0.4) is 0 Å². The molecule has 0 spiro atoms.